The van der Waals surface area contributed by atoms with E-state index in [0.717, 1.165) is 37.7 Å². The fourth-order valence-corrected chi connectivity index (χ4v) is 3.12. The van der Waals surface area contributed by atoms with Crippen LogP contribution in [0.15, 0.2) is 24.3 Å². The van der Waals surface area contributed by atoms with Gasteiger partial charge in [-0.1, -0.05) is 0 Å². The molecule has 3 N–H and O–H groups in total. The van der Waals surface area contributed by atoms with Crippen molar-refractivity contribution in [2.75, 3.05) is 74.8 Å². The van der Waals surface area contributed by atoms with Crippen LogP contribution in [0.5, 0.6) is 0 Å². The van der Waals surface area contributed by atoms with Crippen LogP contribution in [0.2, 0.25) is 0 Å². The topological polar surface area (TPSA) is 113 Å². The molecular formula is C20H30N8O2. The van der Waals surface area contributed by atoms with Crippen molar-refractivity contribution in [3.8, 4) is 0 Å². The van der Waals surface area contributed by atoms with E-state index >= 15 is 0 Å². The van der Waals surface area contributed by atoms with Crippen LogP contribution >= 0.6 is 0 Å². The van der Waals surface area contributed by atoms with Gasteiger partial charge in [-0.15, -0.1) is 0 Å². The molecule has 1 unspecified atom stereocenters. The maximum absolute atomic E-state index is 12.5. The van der Waals surface area contributed by atoms with Gasteiger partial charge in [-0.25, -0.2) is 0 Å². The molecule has 0 saturated carbocycles. The fraction of sp³-hybridized carbons (Fsp3) is 0.500. The summed E-state index contributed by atoms with van der Waals surface area (Å²) >= 11 is 0. The van der Waals surface area contributed by atoms with Crippen LogP contribution < -0.4 is 20.9 Å². The zero-order valence-corrected chi connectivity index (χ0v) is 18.0. The third kappa shape index (κ3) is 5.55. The number of rotatable bonds is 7. The molecule has 1 amide bonds. The van der Waals surface area contributed by atoms with E-state index in [0.29, 0.717) is 11.8 Å². The summed E-state index contributed by atoms with van der Waals surface area (Å²) in [4.78, 5) is 31.2. The highest BCUT2D eigenvalue weighted by Crippen LogP contribution is 2.20. The Kier molecular flexibility index (Phi) is 7.01. The number of aromatic nitrogens is 3. The van der Waals surface area contributed by atoms with Crippen LogP contribution in [-0.2, 0) is 9.53 Å². The number of hydrogen-bond donors (Lipinski definition) is 2. The number of nitrogens with one attached hydrogen (secondary N) is 1. The van der Waals surface area contributed by atoms with Crippen molar-refractivity contribution in [3.63, 3.8) is 0 Å². The van der Waals surface area contributed by atoms with Gasteiger partial charge in [-0.2, -0.15) is 15.0 Å². The Balaban J connectivity index is 1.57. The smallest absolute Gasteiger partial charge is 0.238 e. The van der Waals surface area contributed by atoms with Crippen molar-refractivity contribution in [3.05, 3.63) is 30.1 Å². The number of likely N-dealkylation sites (N-methyl/N-ethyl adjacent to an activating group) is 1. The molecule has 2 heterocycles. The number of carbonyl (C=O) groups is 1. The zero-order chi connectivity index (χ0) is 21.7. The van der Waals surface area contributed by atoms with Crippen molar-refractivity contribution in [2.45, 2.75) is 13.0 Å². The van der Waals surface area contributed by atoms with Gasteiger partial charge in [-0.3, -0.25) is 9.69 Å². The van der Waals surface area contributed by atoms with Crippen LogP contribution in [0.4, 0.5) is 23.3 Å². The van der Waals surface area contributed by atoms with Crippen LogP contribution in [0.25, 0.3) is 0 Å². The maximum atomic E-state index is 12.5. The average Bonchev–Trinajstić information content (AvgIpc) is 2.73. The summed E-state index contributed by atoms with van der Waals surface area (Å²) in [5, 5.41) is 2.94. The molecule has 1 atom stereocenters. The molecule has 1 aromatic heterocycles. The Morgan fingerprint density at radius 2 is 1.83 bits per heavy atom. The van der Waals surface area contributed by atoms with Crippen molar-refractivity contribution < 1.29 is 9.53 Å². The lowest BCUT2D eigenvalue weighted by molar-refractivity contribution is -0.117. The SMILES string of the molecule is CC(c1nc(N)nc(N(C)C)n1)N(C)CC(=O)Nc1ccc(N2CCOCC2)cc1. The molecule has 1 fully saturated rings. The first kappa shape index (κ1) is 21.7. The Labute approximate surface area is 177 Å². The van der Waals surface area contributed by atoms with Gasteiger partial charge >= 0.3 is 0 Å². The highest BCUT2D eigenvalue weighted by molar-refractivity contribution is 5.92. The monoisotopic (exact) mass is 414 g/mol. The predicted octanol–water partition coefficient (Wildman–Crippen LogP) is 0.988. The molecule has 10 heteroatoms. The molecular weight excluding hydrogens is 384 g/mol. The van der Waals surface area contributed by atoms with Crippen LogP contribution in [0.3, 0.4) is 0 Å². The maximum Gasteiger partial charge on any atom is 0.238 e. The zero-order valence-electron chi connectivity index (χ0n) is 18.0. The number of nitrogen functional groups attached to an aromatic ring is 1. The normalized spacial score (nSPS) is 15.2. The van der Waals surface area contributed by atoms with Crippen LogP contribution in [-0.4, -0.2) is 79.8 Å². The lowest BCUT2D eigenvalue weighted by Crippen LogP contribution is -2.36. The van der Waals surface area contributed by atoms with E-state index in [2.05, 4.69) is 25.2 Å². The van der Waals surface area contributed by atoms with E-state index in [1.807, 2.05) is 57.2 Å². The lowest BCUT2D eigenvalue weighted by Gasteiger charge is -2.29. The summed E-state index contributed by atoms with van der Waals surface area (Å²) in [7, 11) is 5.52. The van der Waals surface area contributed by atoms with Gasteiger partial charge < -0.3 is 25.6 Å². The Bertz CT molecular complexity index is 852. The second kappa shape index (κ2) is 9.68. The number of nitrogens with zero attached hydrogens (tertiary/aromatic N) is 6. The first-order valence-corrected chi connectivity index (χ1v) is 9.95. The molecule has 2 aromatic rings. The minimum atomic E-state index is -0.205. The molecule has 0 aliphatic carbocycles. The first-order valence-electron chi connectivity index (χ1n) is 9.95. The van der Waals surface area contributed by atoms with Gasteiger partial charge in [0, 0.05) is 38.6 Å². The van der Waals surface area contributed by atoms with E-state index < -0.39 is 0 Å². The molecule has 0 radical (unpaired) electrons. The molecule has 1 aromatic carbocycles. The molecule has 0 spiro atoms. The summed E-state index contributed by atoms with van der Waals surface area (Å²) in [6, 6.07) is 7.67. The van der Waals surface area contributed by atoms with Crippen molar-refractivity contribution in [1.82, 2.24) is 19.9 Å². The summed E-state index contributed by atoms with van der Waals surface area (Å²) in [5.41, 5.74) is 7.70. The summed E-state index contributed by atoms with van der Waals surface area (Å²) < 4.78 is 5.39. The van der Waals surface area contributed by atoms with E-state index in [1.165, 1.54) is 0 Å². The van der Waals surface area contributed by atoms with Gasteiger partial charge in [0.2, 0.25) is 17.8 Å². The second-order valence-corrected chi connectivity index (χ2v) is 7.53. The van der Waals surface area contributed by atoms with E-state index in [-0.39, 0.29) is 24.4 Å². The number of amides is 1. The van der Waals surface area contributed by atoms with Gasteiger partial charge in [0.25, 0.3) is 0 Å². The van der Waals surface area contributed by atoms with Crippen molar-refractivity contribution >= 4 is 29.2 Å². The minimum Gasteiger partial charge on any atom is -0.378 e. The largest absolute Gasteiger partial charge is 0.378 e. The van der Waals surface area contributed by atoms with Crippen molar-refractivity contribution in [2.24, 2.45) is 0 Å². The van der Waals surface area contributed by atoms with E-state index in [9.17, 15) is 4.79 Å². The Morgan fingerprint density at radius 1 is 1.17 bits per heavy atom. The van der Waals surface area contributed by atoms with Gasteiger partial charge in [0.15, 0.2) is 5.82 Å². The van der Waals surface area contributed by atoms with Gasteiger partial charge in [0.1, 0.15) is 0 Å². The first-order chi connectivity index (χ1) is 14.3. The summed E-state index contributed by atoms with van der Waals surface area (Å²) in [6.45, 7) is 5.36. The third-order valence-electron chi connectivity index (χ3n) is 5.01. The Morgan fingerprint density at radius 3 is 2.47 bits per heavy atom. The van der Waals surface area contributed by atoms with Crippen LogP contribution in [0.1, 0.15) is 18.8 Å². The number of nitrogens with two attached hydrogens (primary N) is 1. The molecule has 1 saturated heterocycles. The molecule has 162 valence electrons. The van der Waals surface area contributed by atoms with Crippen molar-refractivity contribution in [1.29, 1.82) is 0 Å². The number of morpholine rings is 1. The predicted molar refractivity (Wildman–Crippen MR) is 118 cm³/mol. The molecule has 1 aliphatic rings. The molecule has 1 aliphatic heterocycles. The number of anilines is 4. The highest BCUT2D eigenvalue weighted by atomic mass is 16.5. The number of benzene rings is 1. The standard InChI is InChI=1S/C20H30N8O2/c1-14(18-23-19(21)25-20(24-18)26(2)3)27(4)13-17(29)22-15-5-7-16(8-6-15)28-9-11-30-12-10-28/h5-8,14H,9-13H2,1-4H3,(H,22,29)(H2,21,23,24,25). The molecule has 3 rings (SSSR count). The fourth-order valence-electron chi connectivity index (χ4n) is 3.12. The number of hydrogen-bond acceptors (Lipinski definition) is 9. The number of ether oxygens (including phenoxy) is 1. The average molecular weight is 415 g/mol. The molecule has 30 heavy (non-hydrogen) atoms. The second-order valence-electron chi connectivity index (χ2n) is 7.53. The minimum absolute atomic E-state index is 0.113. The quantitative estimate of drug-likeness (QED) is 0.685. The van der Waals surface area contributed by atoms with E-state index in [4.69, 9.17) is 10.5 Å². The lowest BCUT2D eigenvalue weighted by atomic mass is 10.2. The summed E-state index contributed by atoms with van der Waals surface area (Å²) in [6.07, 6.45) is 0. The Hall–Kier alpha value is -2.98. The molecule has 0 bridgehead atoms. The van der Waals surface area contributed by atoms with Gasteiger partial charge in [0.05, 0.1) is 25.8 Å². The van der Waals surface area contributed by atoms with E-state index in [1.54, 1.807) is 4.90 Å². The van der Waals surface area contributed by atoms with Gasteiger partial charge in [-0.05, 0) is 38.2 Å². The van der Waals surface area contributed by atoms with Crippen LogP contribution in [0, 0.1) is 0 Å². The third-order valence-corrected chi connectivity index (χ3v) is 5.01. The number of carbonyl (C=O) groups excluding carboxylic acids is 1. The highest BCUT2D eigenvalue weighted by Gasteiger charge is 2.20. The molecule has 10 nitrogen and oxygen atoms in total. The summed E-state index contributed by atoms with van der Waals surface area (Å²) in [5.74, 6) is 1.06.